The number of para-hydroxylation sites is 2. The van der Waals surface area contributed by atoms with Crippen LogP contribution in [-0.2, 0) is 0 Å². The summed E-state index contributed by atoms with van der Waals surface area (Å²) in [4.78, 5) is 0. The summed E-state index contributed by atoms with van der Waals surface area (Å²) < 4.78 is 11.2. The van der Waals surface area contributed by atoms with Crippen molar-refractivity contribution in [3.05, 3.63) is 66.1 Å². The van der Waals surface area contributed by atoms with Crippen LogP contribution in [0.5, 0.6) is 11.5 Å². The maximum absolute atomic E-state index is 5.62. The van der Waals surface area contributed by atoms with Gasteiger partial charge in [-0.05, 0) is 23.7 Å². The van der Waals surface area contributed by atoms with Crippen LogP contribution in [0.2, 0.25) is 0 Å². The number of fused-ring (bicyclic) bond motifs is 1. The molecule has 0 fully saturated rings. The Morgan fingerprint density at radius 1 is 0.765 bits per heavy atom. The fraction of sp³-hybridized carbons (Fsp3) is 0. The van der Waals surface area contributed by atoms with E-state index in [2.05, 4.69) is 0 Å². The molecule has 82 valence electrons. The highest BCUT2D eigenvalue weighted by Crippen LogP contribution is 2.32. The molecule has 0 N–H and O–H groups in total. The van der Waals surface area contributed by atoms with E-state index in [0.29, 0.717) is 0 Å². The summed E-state index contributed by atoms with van der Waals surface area (Å²) in [6.07, 6.45) is 2.00. The Hall–Kier alpha value is -2.16. The number of rotatable bonds is 2. The zero-order valence-corrected chi connectivity index (χ0v) is 9.24. The minimum absolute atomic E-state index is 0.326. The summed E-state index contributed by atoms with van der Waals surface area (Å²) in [7, 11) is -0.326. The lowest BCUT2D eigenvalue weighted by Crippen LogP contribution is -2.21. The van der Waals surface area contributed by atoms with E-state index in [0.717, 1.165) is 17.1 Å². The summed E-state index contributed by atoms with van der Waals surface area (Å²) in [5.74, 6) is 3.51. The normalized spacial score (nSPS) is 13.3. The first-order valence-corrected chi connectivity index (χ1v) is 5.57. The lowest BCUT2D eigenvalue weighted by Gasteiger charge is -1.97. The predicted octanol–water partition coefficient (Wildman–Crippen LogP) is 3.20. The molecule has 2 nitrogen and oxygen atoms in total. The predicted molar refractivity (Wildman–Crippen MR) is 68.9 cm³/mol. The molecule has 3 rings (SSSR count). The van der Waals surface area contributed by atoms with E-state index in [1.807, 2.05) is 66.6 Å². The minimum atomic E-state index is -0.326. The van der Waals surface area contributed by atoms with Gasteiger partial charge in [0, 0.05) is 0 Å². The second-order valence-corrected chi connectivity index (χ2v) is 3.82. The molecule has 0 aromatic heterocycles. The Morgan fingerprint density at radius 3 is 2.00 bits per heavy atom. The van der Waals surface area contributed by atoms with Crippen molar-refractivity contribution in [3.8, 4) is 11.5 Å². The highest BCUT2D eigenvalue weighted by molar-refractivity contribution is 6.54. The Morgan fingerprint density at radius 2 is 1.35 bits per heavy atom. The van der Waals surface area contributed by atoms with Crippen LogP contribution in [0.15, 0.2) is 60.6 Å². The Balaban J connectivity index is 1.72. The largest absolute Gasteiger partial charge is 0.625 e. The van der Waals surface area contributed by atoms with Crippen molar-refractivity contribution in [1.82, 2.24) is 0 Å². The van der Waals surface area contributed by atoms with Crippen LogP contribution >= 0.6 is 0 Å². The third-order valence-corrected chi connectivity index (χ3v) is 2.58. The molecule has 17 heavy (non-hydrogen) atoms. The van der Waals surface area contributed by atoms with Crippen molar-refractivity contribution >= 4 is 13.2 Å². The second-order valence-electron chi connectivity index (χ2n) is 3.82. The van der Waals surface area contributed by atoms with Crippen molar-refractivity contribution < 1.29 is 9.31 Å². The first-order valence-electron chi connectivity index (χ1n) is 5.57. The third kappa shape index (κ3) is 2.18. The molecule has 0 unspecified atom stereocenters. The van der Waals surface area contributed by atoms with Gasteiger partial charge >= 0.3 is 7.12 Å². The van der Waals surface area contributed by atoms with Gasteiger partial charge in [-0.15, -0.1) is 0 Å². The van der Waals surface area contributed by atoms with Crippen LogP contribution < -0.4 is 9.31 Å². The Bertz CT molecular complexity index is 512. The van der Waals surface area contributed by atoms with E-state index in [1.54, 1.807) is 0 Å². The number of hydrogen-bond donors (Lipinski definition) is 0. The topological polar surface area (TPSA) is 18.5 Å². The molecular formula is C14H11BO2. The zero-order chi connectivity index (χ0) is 11.5. The SMILES string of the molecule is C(=Cc1ccccc1)B1Oc2ccccc2O1. The molecule has 0 saturated heterocycles. The number of hydrogen-bond acceptors (Lipinski definition) is 2. The van der Waals surface area contributed by atoms with Gasteiger partial charge in [-0.3, -0.25) is 0 Å². The standard InChI is InChI=1S/C14H11BO2/c1-2-6-12(7-3-1)10-11-15-16-13-8-4-5-9-14(13)17-15/h1-11H. The van der Waals surface area contributed by atoms with E-state index in [9.17, 15) is 0 Å². The molecule has 0 spiro atoms. The van der Waals surface area contributed by atoms with Gasteiger partial charge in [-0.1, -0.05) is 48.5 Å². The van der Waals surface area contributed by atoms with Crippen molar-refractivity contribution in [2.45, 2.75) is 0 Å². The second kappa shape index (κ2) is 4.38. The quantitative estimate of drug-likeness (QED) is 0.726. The van der Waals surface area contributed by atoms with Crippen LogP contribution in [0.3, 0.4) is 0 Å². The van der Waals surface area contributed by atoms with Crippen molar-refractivity contribution in [2.75, 3.05) is 0 Å². The van der Waals surface area contributed by atoms with Crippen LogP contribution in [0.25, 0.3) is 6.08 Å². The fourth-order valence-corrected chi connectivity index (χ4v) is 1.75. The molecular weight excluding hydrogens is 211 g/mol. The molecule has 0 aliphatic carbocycles. The van der Waals surface area contributed by atoms with Crippen LogP contribution in [0.1, 0.15) is 5.56 Å². The first kappa shape index (κ1) is 10.0. The van der Waals surface area contributed by atoms with Crippen molar-refractivity contribution in [2.24, 2.45) is 0 Å². The third-order valence-electron chi connectivity index (χ3n) is 2.58. The molecule has 1 aliphatic heterocycles. The van der Waals surface area contributed by atoms with Crippen molar-refractivity contribution in [1.29, 1.82) is 0 Å². The lowest BCUT2D eigenvalue weighted by atomic mass is 9.89. The molecule has 3 heteroatoms. The van der Waals surface area contributed by atoms with Gasteiger partial charge in [0.1, 0.15) is 11.5 Å². The molecule has 1 heterocycles. The van der Waals surface area contributed by atoms with E-state index in [-0.39, 0.29) is 7.12 Å². The zero-order valence-electron chi connectivity index (χ0n) is 9.24. The molecule has 0 saturated carbocycles. The van der Waals surface area contributed by atoms with Gasteiger partial charge in [-0.25, -0.2) is 0 Å². The van der Waals surface area contributed by atoms with Crippen molar-refractivity contribution in [3.63, 3.8) is 0 Å². The molecule has 0 atom stereocenters. The average Bonchev–Trinajstić information content (AvgIpc) is 2.80. The molecule has 0 bridgehead atoms. The van der Waals surface area contributed by atoms with Crippen LogP contribution in [0, 0.1) is 0 Å². The van der Waals surface area contributed by atoms with E-state index in [1.165, 1.54) is 0 Å². The highest BCUT2D eigenvalue weighted by Gasteiger charge is 2.28. The first-order chi connectivity index (χ1) is 8.42. The maximum Gasteiger partial charge on any atom is 0.625 e. The monoisotopic (exact) mass is 222 g/mol. The van der Waals surface area contributed by atoms with Gasteiger partial charge in [-0.2, -0.15) is 0 Å². The molecule has 0 radical (unpaired) electrons. The molecule has 1 aliphatic rings. The lowest BCUT2D eigenvalue weighted by molar-refractivity contribution is 0.517. The van der Waals surface area contributed by atoms with E-state index < -0.39 is 0 Å². The summed E-state index contributed by atoms with van der Waals surface area (Å²) in [6, 6.07) is 17.8. The molecule has 2 aromatic rings. The summed E-state index contributed by atoms with van der Waals surface area (Å²) >= 11 is 0. The summed E-state index contributed by atoms with van der Waals surface area (Å²) in [6.45, 7) is 0. The average molecular weight is 222 g/mol. The maximum atomic E-state index is 5.62. The van der Waals surface area contributed by atoms with Gasteiger partial charge in [0.2, 0.25) is 0 Å². The van der Waals surface area contributed by atoms with Crippen LogP contribution in [-0.4, -0.2) is 7.12 Å². The summed E-state index contributed by atoms with van der Waals surface area (Å²) in [5, 5.41) is 0. The van der Waals surface area contributed by atoms with Gasteiger partial charge in [0.15, 0.2) is 0 Å². The smallest absolute Gasteiger partial charge is 0.520 e. The Kier molecular flexibility index (Phi) is 2.58. The van der Waals surface area contributed by atoms with E-state index in [4.69, 9.17) is 9.31 Å². The number of benzene rings is 2. The van der Waals surface area contributed by atoms with E-state index >= 15 is 0 Å². The van der Waals surface area contributed by atoms with Gasteiger partial charge in [0.05, 0.1) is 0 Å². The Labute approximate surface area is 101 Å². The molecule has 0 amide bonds. The fourth-order valence-electron chi connectivity index (χ4n) is 1.75. The van der Waals surface area contributed by atoms with Gasteiger partial charge < -0.3 is 9.31 Å². The highest BCUT2D eigenvalue weighted by atomic mass is 16.6. The minimum Gasteiger partial charge on any atom is -0.520 e. The molecule has 2 aromatic carbocycles. The van der Waals surface area contributed by atoms with Crippen LogP contribution in [0.4, 0.5) is 0 Å². The summed E-state index contributed by atoms with van der Waals surface area (Å²) in [5.41, 5.74) is 1.13. The van der Waals surface area contributed by atoms with Gasteiger partial charge in [0.25, 0.3) is 0 Å².